The van der Waals surface area contributed by atoms with Crippen molar-refractivity contribution in [1.29, 1.82) is 0 Å². The number of aromatic nitrogens is 1. The van der Waals surface area contributed by atoms with Gasteiger partial charge in [0, 0.05) is 6.20 Å². The molecule has 1 aromatic carbocycles. The summed E-state index contributed by atoms with van der Waals surface area (Å²) in [6.07, 6.45) is 1.72. The van der Waals surface area contributed by atoms with E-state index in [2.05, 4.69) is 15.0 Å². The number of thioether (sulfide) groups is 1. The van der Waals surface area contributed by atoms with Crippen LogP contribution < -0.4 is 10.1 Å². The molecular formula is C16H16F2N2O2S. The predicted octanol–water partition coefficient (Wildman–Crippen LogP) is 4.11. The van der Waals surface area contributed by atoms with Crippen LogP contribution in [0.15, 0.2) is 47.6 Å². The number of halogens is 2. The Balaban J connectivity index is 2.02. The number of amides is 1. The van der Waals surface area contributed by atoms with Crippen LogP contribution in [0.3, 0.4) is 0 Å². The molecule has 0 bridgehead atoms. The molecule has 0 aliphatic heterocycles. The third-order valence-electron chi connectivity index (χ3n) is 2.91. The lowest BCUT2D eigenvalue weighted by Gasteiger charge is -2.14. The zero-order chi connectivity index (χ0) is 16.8. The molecule has 1 N–H and O–H groups in total. The number of hydrogen-bond acceptors (Lipinski definition) is 4. The molecular weight excluding hydrogens is 322 g/mol. The quantitative estimate of drug-likeness (QED) is 0.805. The Hall–Kier alpha value is -2.15. The summed E-state index contributed by atoms with van der Waals surface area (Å²) < 4.78 is 29.1. The number of benzene rings is 1. The van der Waals surface area contributed by atoms with E-state index < -0.39 is 11.9 Å². The Morgan fingerprint density at radius 3 is 2.65 bits per heavy atom. The molecule has 2 rings (SSSR count). The topological polar surface area (TPSA) is 51.2 Å². The van der Waals surface area contributed by atoms with Crippen molar-refractivity contribution >= 4 is 23.4 Å². The van der Waals surface area contributed by atoms with Crippen molar-refractivity contribution in [3.63, 3.8) is 0 Å². The monoisotopic (exact) mass is 338 g/mol. The van der Waals surface area contributed by atoms with E-state index in [4.69, 9.17) is 0 Å². The van der Waals surface area contributed by atoms with Gasteiger partial charge in [0.25, 0.3) is 0 Å². The van der Waals surface area contributed by atoms with Crippen LogP contribution >= 0.6 is 11.8 Å². The lowest BCUT2D eigenvalue weighted by atomic mass is 10.3. The molecule has 1 atom stereocenters. The SMILES string of the molecule is Cc1ccc(SC(C)C(=O)Nc2ccccc2OC(F)F)nc1. The highest BCUT2D eigenvalue weighted by atomic mass is 32.2. The van der Waals surface area contributed by atoms with E-state index in [1.54, 1.807) is 25.3 Å². The number of anilines is 1. The molecule has 7 heteroatoms. The van der Waals surface area contributed by atoms with E-state index in [0.29, 0.717) is 0 Å². The molecule has 0 aliphatic rings. The largest absolute Gasteiger partial charge is 0.433 e. The number of alkyl halides is 2. The lowest BCUT2D eigenvalue weighted by molar-refractivity contribution is -0.115. The molecule has 0 saturated carbocycles. The molecule has 0 radical (unpaired) electrons. The number of hydrogen-bond donors (Lipinski definition) is 1. The van der Waals surface area contributed by atoms with E-state index in [0.717, 1.165) is 10.6 Å². The molecule has 0 fully saturated rings. The van der Waals surface area contributed by atoms with Crippen LogP contribution in [-0.4, -0.2) is 22.8 Å². The minimum absolute atomic E-state index is 0.0680. The van der Waals surface area contributed by atoms with Gasteiger partial charge < -0.3 is 10.1 Å². The molecule has 1 amide bonds. The molecule has 4 nitrogen and oxygen atoms in total. The number of carbonyl (C=O) groups excluding carboxylic acids is 1. The van der Waals surface area contributed by atoms with Gasteiger partial charge in [0.2, 0.25) is 5.91 Å². The molecule has 1 aromatic heterocycles. The van der Waals surface area contributed by atoms with E-state index in [-0.39, 0.29) is 17.3 Å². The first-order valence-electron chi connectivity index (χ1n) is 6.89. The van der Waals surface area contributed by atoms with E-state index >= 15 is 0 Å². The average molecular weight is 338 g/mol. The third-order valence-corrected chi connectivity index (χ3v) is 3.96. The van der Waals surface area contributed by atoms with Gasteiger partial charge in [0.1, 0.15) is 5.75 Å². The number of aryl methyl sites for hydroxylation is 1. The molecule has 2 aromatic rings. The minimum Gasteiger partial charge on any atom is -0.433 e. The Morgan fingerprint density at radius 2 is 2.00 bits per heavy atom. The highest BCUT2D eigenvalue weighted by molar-refractivity contribution is 8.00. The van der Waals surface area contributed by atoms with Crippen LogP contribution in [0, 0.1) is 6.92 Å². The van der Waals surface area contributed by atoms with Crippen molar-refractivity contribution in [2.24, 2.45) is 0 Å². The summed E-state index contributed by atoms with van der Waals surface area (Å²) in [7, 11) is 0. The zero-order valence-electron chi connectivity index (χ0n) is 12.6. The number of para-hydroxylation sites is 2. The fraction of sp³-hybridized carbons (Fsp3) is 0.250. The highest BCUT2D eigenvalue weighted by Gasteiger charge is 2.17. The first-order valence-corrected chi connectivity index (χ1v) is 7.77. The maximum absolute atomic E-state index is 12.4. The smallest absolute Gasteiger partial charge is 0.387 e. The van der Waals surface area contributed by atoms with Crippen molar-refractivity contribution in [2.75, 3.05) is 5.32 Å². The summed E-state index contributed by atoms with van der Waals surface area (Å²) in [6, 6.07) is 9.82. The first-order chi connectivity index (χ1) is 11.0. The number of nitrogens with zero attached hydrogens (tertiary/aromatic N) is 1. The van der Waals surface area contributed by atoms with Gasteiger partial charge in [0.15, 0.2) is 0 Å². The Bertz CT molecular complexity index is 665. The van der Waals surface area contributed by atoms with Crippen LogP contribution in [0.1, 0.15) is 12.5 Å². The van der Waals surface area contributed by atoms with Gasteiger partial charge in [-0.3, -0.25) is 4.79 Å². The molecule has 1 unspecified atom stereocenters. The third kappa shape index (κ3) is 5.21. The normalized spacial score (nSPS) is 12.0. The summed E-state index contributed by atoms with van der Waals surface area (Å²) >= 11 is 1.29. The van der Waals surface area contributed by atoms with Crippen molar-refractivity contribution in [3.8, 4) is 5.75 Å². The van der Waals surface area contributed by atoms with Crippen LogP contribution in [0.4, 0.5) is 14.5 Å². The number of nitrogens with one attached hydrogen (secondary N) is 1. The molecule has 0 aliphatic carbocycles. The summed E-state index contributed by atoms with van der Waals surface area (Å²) in [6.45, 7) is 0.701. The van der Waals surface area contributed by atoms with Crippen LogP contribution in [0.2, 0.25) is 0 Å². The van der Waals surface area contributed by atoms with Gasteiger partial charge in [-0.25, -0.2) is 4.98 Å². The maximum atomic E-state index is 12.4. The second-order valence-corrected chi connectivity index (χ2v) is 6.16. The van der Waals surface area contributed by atoms with E-state index in [9.17, 15) is 13.6 Å². The van der Waals surface area contributed by atoms with Gasteiger partial charge in [-0.05, 0) is 37.6 Å². The highest BCUT2D eigenvalue weighted by Crippen LogP contribution is 2.27. The van der Waals surface area contributed by atoms with Gasteiger partial charge in [-0.1, -0.05) is 30.0 Å². The van der Waals surface area contributed by atoms with E-state index in [1.165, 1.54) is 23.9 Å². The summed E-state index contributed by atoms with van der Waals surface area (Å²) in [4.78, 5) is 16.4. The van der Waals surface area contributed by atoms with Crippen molar-refractivity contribution in [1.82, 2.24) is 4.98 Å². The van der Waals surface area contributed by atoms with Crippen molar-refractivity contribution in [2.45, 2.75) is 30.7 Å². The maximum Gasteiger partial charge on any atom is 0.387 e. The standard InChI is InChI=1S/C16H16F2N2O2S/c1-10-7-8-14(19-9-10)23-11(2)15(21)20-12-5-3-4-6-13(12)22-16(17)18/h3-9,11,16H,1-2H3,(H,20,21). The summed E-state index contributed by atoms with van der Waals surface area (Å²) in [5.41, 5.74) is 1.24. The fourth-order valence-electron chi connectivity index (χ4n) is 1.76. The van der Waals surface area contributed by atoms with Crippen LogP contribution in [-0.2, 0) is 4.79 Å². The number of rotatable bonds is 6. The fourth-order valence-corrected chi connectivity index (χ4v) is 2.55. The van der Waals surface area contributed by atoms with Crippen LogP contribution in [0.25, 0.3) is 0 Å². The number of ether oxygens (including phenoxy) is 1. The minimum atomic E-state index is -2.95. The van der Waals surface area contributed by atoms with Crippen molar-refractivity contribution in [3.05, 3.63) is 48.2 Å². The van der Waals surface area contributed by atoms with Gasteiger partial charge >= 0.3 is 6.61 Å². The predicted molar refractivity (Wildman–Crippen MR) is 86.0 cm³/mol. The Labute approximate surface area is 137 Å². The zero-order valence-corrected chi connectivity index (χ0v) is 13.4. The van der Waals surface area contributed by atoms with Gasteiger partial charge in [0.05, 0.1) is 16.0 Å². The summed E-state index contributed by atoms with van der Waals surface area (Å²) in [5, 5.41) is 2.88. The number of carbonyl (C=O) groups is 1. The molecule has 1 heterocycles. The van der Waals surface area contributed by atoms with Crippen molar-refractivity contribution < 1.29 is 18.3 Å². The number of pyridine rings is 1. The average Bonchev–Trinajstić information content (AvgIpc) is 2.51. The molecule has 23 heavy (non-hydrogen) atoms. The first kappa shape index (κ1) is 17.2. The van der Waals surface area contributed by atoms with Gasteiger partial charge in [-0.2, -0.15) is 8.78 Å². The Kier molecular flexibility index (Phi) is 5.92. The van der Waals surface area contributed by atoms with E-state index in [1.807, 2.05) is 19.1 Å². The Morgan fingerprint density at radius 1 is 1.26 bits per heavy atom. The molecule has 122 valence electrons. The lowest BCUT2D eigenvalue weighted by Crippen LogP contribution is -2.23. The second-order valence-electron chi connectivity index (χ2n) is 4.80. The second kappa shape index (κ2) is 7.92. The summed E-state index contributed by atoms with van der Waals surface area (Å²) in [5.74, 6) is -0.385. The van der Waals surface area contributed by atoms with Gasteiger partial charge in [-0.15, -0.1) is 0 Å². The molecule has 0 saturated heterocycles. The van der Waals surface area contributed by atoms with Crippen LogP contribution in [0.5, 0.6) is 5.75 Å². The molecule has 0 spiro atoms.